The number of aromatic nitrogens is 2. The average Bonchev–Trinajstić information content (AvgIpc) is 2.65. The molecule has 0 bridgehead atoms. The third kappa shape index (κ3) is 4.38. The Labute approximate surface area is 141 Å². The number of rotatable bonds is 7. The zero-order valence-corrected chi connectivity index (χ0v) is 13.2. The smallest absolute Gasteiger partial charge is 0.237 e. The first kappa shape index (κ1) is 16.1. The number of benzene rings is 2. The number of hydrogen-bond donors (Lipinski definition) is 2. The van der Waals surface area contributed by atoms with E-state index in [9.17, 15) is 5.11 Å². The van der Waals surface area contributed by atoms with Gasteiger partial charge in [0.05, 0.1) is 18.8 Å². The van der Waals surface area contributed by atoms with Crippen molar-refractivity contribution in [2.75, 3.05) is 6.61 Å². The number of aliphatic hydroxyl groups is 1. The SMILES string of the molecule is OCC(NCc1ccc(Oc2cnccn2)cc1)c1ccccc1. The standard InChI is InChI=1S/C19H19N3O2/c23-14-18(16-4-2-1-3-5-16)22-12-15-6-8-17(9-7-15)24-19-13-20-10-11-21-19/h1-11,13,18,22-23H,12,14H2. The monoisotopic (exact) mass is 321 g/mol. The molecule has 3 aromatic rings. The fraction of sp³-hybridized carbons (Fsp3) is 0.158. The Balaban J connectivity index is 1.58. The predicted molar refractivity (Wildman–Crippen MR) is 91.7 cm³/mol. The van der Waals surface area contributed by atoms with Crippen LogP contribution < -0.4 is 10.1 Å². The van der Waals surface area contributed by atoms with E-state index in [1.54, 1.807) is 18.6 Å². The molecule has 122 valence electrons. The lowest BCUT2D eigenvalue weighted by Crippen LogP contribution is -2.23. The second-order valence-corrected chi connectivity index (χ2v) is 5.32. The highest BCUT2D eigenvalue weighted by Crippen LogP contribution is 2.19. The molecule has 0 amide bonds. The first-order valence-electron chi connectivity index (χ1n) is 7.77. The highest BCUT2D eigenvalue weighted by atomic mass is 16.5. The van der Waals surface area contributed by atoms with Gasteiger partial charge in [-0.1, -0.05) is 42.5 Å². The van der Waals surface area contributed by atoms with E-state index in [2.05, 4.69) is 15.3 Å². The summed E-state index contributed by atoms with van der Waals surface area (Å²) in [6.45, 7) is 0.712. The van der Waals surface area contributed by atoms with Crippen LogP contribution in [0.1, 0.15) is 17.2 Å². The number of nitrogens with one attached hydrogen (secondary N) is 1. The van der Waals surface area contributed by atoms with E-state index in [1.807, 2.05) is 54.6 Å². The Hall–Kier alpha value is -2.76. The molecule has 2 aromatic carbocycles. The van der Waals surface area contributed by atoms with Gasteiger partial charge in [0.1, 0.15) is 5.75 Å². The maximum Gasteiger partial charge on any atom is 0.237 e. The first-order valence-corrected chi connectivity index (χ1v) is 7.77. The second kappa shape index (κ2) is 8.19. The second-order valence-electron chi connectivity index (χ2n) is 5.32. The van der Waals surface area contributed by atoms with Gasteiger partial charge in [-0.05, 0) is 23.3 Å². The van der Waals surface area contributed by atoms with Crippen molar-refractivity contribution in [1.82, 2.24) is 15.3 Å². The highest BCUT2D eigenvalue weighted by Gasteiger charge is 2.09. The minimum Gasteiger partial charge on any atom is -0.438 e. The topological polar surface area (TPSA) is 67.3 Å². The summed E-state index contributed by atoms with van der Waals surface area (Å²) in [7, 11) is 0. The van der Waals surface area contributed by atoms with Gasteiger partial charge in [0.25, 0.3) is 0 Å². The Morgan fingerprint density at radius 1 is 1.00 bits per heavy atom. The van der Waals surface area contributed by atoms with Gasteiger partial charge in [-0.15, -0.1) is 0 Å². The summed E-state index contributed by atoms with van der Waals surface area (Å²) in [4.78, 5) is 8.04. The van der Waals surface area contributed by atoms with Gasteiger partial charge < -0.3 is 15.2 Å². The Morgan fingerprint density at radius 2 is 1.79 bits per heavy atom. The molecule has 5 nitrogen and oxygen atoms in total. The molecular weight excluding hydrogens is 302 g/mol. The maximum atomic E-state index is 9.57. The molecule has 1 aromatic heterocycles. The first-order chi connectivity index (χ1) is 11.8. The minimum atomic E-state index is -0.0817. The Kier molecular flexibility index (Phi) is 5.50. The minimum absolute atomic E-state index is 0.0535. The lowest BCUT2D eigenvalue weighted by Gasteiger charge is -2.17. The zero-order chi connectivity index (χ0) is 16.6. The molecule has 0 aliphatic rings. The quantitative estimate of drug-likeness (QED) is 0.700. The third-order valence-electron chi connectivity index (χ3n) is 3.62. The van der Waals surface area contributed by atoms with Crippen LogP contribution in [0.3, 0.4) is 0 Å². The summed E-state index contributed by atoms with van der Waals surface area (Å²) in [5, 5.41) is 12.9. The van der Waals surface area contributed by atoms with Crippen LogP contribution in [0.15, 0.2) is 73.2 Å². The van der Waals surface area contributed by atoms with Gasteiger partial charge in [-0.2, -0.15) is 0 Å². The number of aliphatic hydroxyl groups excluding tert-OH is 1. The van der Waals surface area contributed by atoms with Gasteiger partial charge in [0, 0.05) is 18.9 Å². The molecule has 3 rings (SSSR count). The van der Waals surface area contributed by atoms with E-state index in [0.717, 1.165) is 11.1 Å². The van der Waals surface area contributed by atoms with E-state index >= 15 is 0 Å². The van der Waals surface area contributed by atoms with Crippen molar-refractivity contribution in [2.24, 2.45) is 0 Å². The van der Waals surface area contributed by atoms with Crippen molar-refractivity contribution in [3.05, 3.63) is 84.3 Å². The van der Waals surface area contributed by atoms with E-state index in [1.165, 1.54) is 0 Å². The largest absolute Gasteiger partial charge is 0.438 e. The van der Waals surface area contributed by atoms with E-state index in [4.69, 9.17) is 4.74 Å². The van der Waals surface area contributed by atoms with Crippen LogP contribution in [0.2, 0.25) is 0 Å². The predicted octanol–water partition coefficient (Wildman–Crippen LogP) is 3.09. The molecule has 2 N–H and O–H groups in total. The van der Waals surface area contributed by atoms with Crippen LogP contribution in [0.4, 0.5) is 0 Å². The molecule has 0 fully saturated rings. The van der Waals surface area contributed by atoms with Crippen LogP contribution >= 0.6 is 0 Å². The molecule has 24 heavy (non-hydrogen) atoms. The zero-order valence-electron chi connectivity index (χ0n) is 13.2. The van der Waals surface area contributed by atoms with Crippen LogP contribution in [0.5, 0.6) is 11.6 Å². The molecule has 0 radical (unpaired) electrons. The normalized spacial score (nSPS) is 11.9. The summed E-state index contributed by atoms with van der Waals surface area (Å²) in [5.41, 5.74) is 2.18. The van der Waals surface area contributed by atoms with Gasteiger partial charge in [0.2, 0.25) is 5.88 Å². The average molecular weight is 321 g/mol. The fourth-order valence-electron chi connectivity index (χ4n) is 2.35. The molecule has 0 aliphatic carbocycles. The molecular formula is C19H19N3O2. The van der Waals surface area contributed by atoms with Crippen molar-refractivity contribution < 1.29 is 9.84 Å². The van der Waals surface area contributed by atoms with E-state index < -0.39 is 0 Å². The molecule has 1 unspecified atom stereocenters. The Morgan fingerprint density at radius 3 is 2.46 bits per heavy atom. The van der Waals surface area contributed by atoms with Crippen molar-refractivity contribution >= 4 is 0 Å². The summed E-state index contributed by atoms with van der Waals surface area (Å²) < 4.78 is 5.62. The van der Waals surface area contributed by atoms with E-state index in [0.29, 0.717) is 18.2 Å². The van der Waals surface area contributed by atoms with Gasteiger partial charge in [-0.3, -0.25) is 4.98 Å². The number of ether oxygens (including phenoxy) is 1. The number of nitrogens with zero attached hydrogens (tertiary/aromatic N) is 2. The molecule has 0 saturated carbocycles. The van der Waals surface area contributed by atoms with Crippen molar-refractivity contribution in [1.29, 1.82) is 0 Å². The molecule has 0 saturated heterocycles. The lowest BCUT2D eigenvalue weighted by atomic mass is 10.1. The van der Waals surface area contributed by atoms with Crippen molar-refractivity contribution in [3.63, 3.8) is 0 Å². The number of hydrogen-bond acceptors (Lipinski definition) is 5. The van der Waals surface area contributed by atoms with Crippen LogP contribution in [-0.2, 0) is 6.54 Å². The van der Waals surface area contributed by atoms with Gasteiger partial charge in [0.15, 0.2) is 0 Å². The van der Waals surface area contributed by atoms with Crippen LogP contribution in [0.25, 0.3) is 0 Å². The summed E-state index contributed by atoms with van der Waals surface area (Å²) >= 11 is 0. The molecule has 1 heterocycles. The highest BCUT2D eigenvalue weighted by molar-refractivity contribution is 5.30. The summed E-state index contributed by atoms with van der Waals surface area (Å²) in [6, 6.07) is 17.6. The van der Waals surface area contributed by atoms with Crippen molar-refractivity contribution in [2.45, 2.75) is 12.6 Å². The van der Waals surface area contributed by atoms with Gasteiger partial charge in [-0.25, -0.2) is 4.98 Å². The molecule has 1 atom stereocenters. The fourth-order valence-corrected chi connectivity index (χ4v) is 2.35. The molecule has 0 aliphatic heterocycles. The molecule has 5 heteroatoms. The van der Waals surface area contributed by atoms with Crippen molar-refractivity contribution in [3.8, 4) is 11.6 Å². The van der Waals surface area contributed by atoms with Crippen LogP contribution in [0, 0.1) is 0 Å². The molecule has 0 spiro atoms. The van der Waals surface area contributed by atoms with E-state index in [-0.39, 0.29) is 12.6 Å². The lowest BCUT2D eigenvalue weighted by molar-refractivity contribution is 0.243. The summed E-state index contributed by atoms with van der Waals surface area (Å²) in [6.07, 6.45) is 4.76. The van der Waals surface area contributed by atoms with Crippen LogP contribution in [-0.4, -0.2) is 21.7 Å². The van der Waals surface area contributed by atoms with Gasteiger partial charge >= 0.3 is 0 Å². The Bertz CT molecular complexity index is 734. The summed E-state index contributed by atoms with van der Waals surface area (Å²) in [5.74, 6) is 1.17. The maximum absolute atomic E-state index is 9.57. The third-order valence-corrected chi connectivity index (χ3v) is 3.62.